The minimum absolute atomic E-state index is 0.00920. The van der Waals surface area contributed by atoms with E-state index in [1.807, 2.05) is 0 Å². The molecule has 4 N–H and O–H groups in total. The van der Waals surface area contributed by atoms with Crippen LogP contribution in [0.3, 0.4) is 0 Å². The SMILES string of the molecule is CC(=O)CC(N)c1ccc(O)c(O)c1. The molecular formula is C10H13NO3. The molecule has 76 valence electrons. The van der Waals surface area contributed by atoms with E-state index < -0.39 is 6.04 Å². The van der Waals surface area contributed by atoms with Crippen LogP contribution in [0.1, 0.15) is 24.9 Å². The van der Waals surface area contributed by atoms with Crippen molar-refractivity contribution in [3.05, 3.63) is 23.8 Å². The first-order valence-corrected chi connectivity index (χ1v) is 4.27. The summed E-state index contributed by atoms with van der Waals surface area (Å²) >= 11 is 0. The van der Waals surface area contributed by atoms with Gasteiger partial charge in [-0.3, -0.25) is 4.79 Å². The lowest BCUT2D eigenvalue weighted by molar-refractivity contribution is -0.117. The normalized spacial score (nSPS) is 12.4. The van der Waals surface area contributed by atoms with Crippen LogP contribution < -0.4 is 5.73 Å². The van der Waals surface area contributed by atoms with Gasteiger partial charge < -0.3 is 15.9 Å². The Morgan fingerprint density at radius 1 is 1.43 bits per heavy atom. The Hall–Kier alpha value is -1.55. The molecule has 0 saturated heterocycles. The third kappa shape index (κ3) is 2.47. The van der Waals surface area contributed by atoms with Crippen LogP contribution in [0.25, 0.3) is 0 Å². The molecule has 0 fully saturated rings. The molecule has 0 aliphatic carbocycles. The summed E-state index contributed by atoms with van der Waals surface area (Å²) in [6.45, 7) is 1.46. The van der Waals surface area contributed by atoms with E-state index in [0.717, 1.165) is 0 Å². The molecule has 1 aromatic rings. The highest BCUT2D eigenvalue weighted by molar-refractivity contribution is 5.76. The van der Waals surface area contributed by atoms with E-state index in [2.05, 4.69) is 0 Å². The van der Waals surface area contributed by atoms with Crippen LogP contribution in [-0.2, 0) is 4.79 Å². The van der Waals surface area contributed by atoms with Gasteiger partial charge in [-0.1, -0.05) is 6.07 Å². The highest BCUT2D eigenvalue weighted by Crippen LogP contribution is 2.27. The molecule has 0 amide bonds. The Bertz CT molecular complexity index is 349. The van der Waals surface area contributed by atoms with E-state index in [9.17, 15) is 9.90 Å². The number of aromatic hydroxyl groups is 2. The Labute approximate surface area is 82.0 Å². The predicted molar refractivity (Wildman–Crippen MR) is 52.0 cm³/mol. The fourth-order valence-electron chi connectivity index (χ4n) is 1.20. The summed E-state index contributed by atoms with van der Waals surface area (Å²) in [5, 5.41) is 18.2. The van der Waals surface area contributed by atoms with Gasteiger partial charge in [-0.05, 0) is 24.6 Å². The summed E-state index contributed by atoms with van der Waals surface area (Å²) < 4.78 is 0. The van der Waals surface area contributed by atoms with Gasteiger partial charge >= 0.3 is 0 Å². The van der Waals surface area contributed by atoms with E-state index in [-0.39, 0.29) is 23.7 Å². The number of ketones is 1. The number of rotatable bonds is 3. The smallest absolute Gasteiger partial charge is 0.157 e. The Morgan fingerprint density at radius 3 is 2.57 bits per heavy atom. The first kappa shape index (κ1) is 10.5. The number of phenolic OH excluding ortho intramolecular Hbond substituents is 2. The van der Waals surface area contributed by atoms with Crippen molar-refractivity contribution in [1.82, 2.24) is 0 Å². The van der Waals surface area contributed by atoms with Crippen molar-refractivity contribution in [3.8, 4) is 11.5 Å². The highest BCUT2D eigenvalue weighted by atomic mass is 16.3. The standard InChI is InChI=1S/C10H13NO3/c1-6(12)4-8(11)7-2-3-9(13)10(14)5-7/h2-3,5,8,13-14H,4,11H2,1H3. The number of phenols is 2. The van der Waals surface area contributed by atoms with Gasteiger partial charge in [-0.15, -0.1) is 0 Å². The van der Waals surface area contributed by atoms with Gasteiger partial charge in [0.05, 0.1) is 0 Å². The average molecular weight is 195 g/mol. The molecule has 0 radical (unpaired) electrons. The predicted octanol–water partition coefficient (Wildman–Crippen LogP) is 1.08. The molecule has 0 bridgehead atoms. The molecule has 4 heteroatoms. The van der Waals surface area contributed by atoms with Crippen LogP contribution >= 0.6 is 0 Å². The fourth-order valence-corrected chi connectivity index (χ4v) is 1.20. The van der Waals surface area contributed by atoms with Crippen LogP contribution in [0.5, 0.6) is 11.5 Å². The van der Waals surface area contributed by atoms with Crippen molar-refractivity contribution >= 4 is 5.78 Å². The maximum Gasteiger partial charge on any atom is 0.157 e. The van der Waals surface area contributed by atoms with Gasteiger partial charge in [0.1, 0.15) is 5.78 Å². The number of Topliss-reactive ketones (excluding diaryl/α,β-unsaturated/α-hetero) is 1. The van der Waals surface area contributed by atoms with Gasteiger partial charge in [0, 0.05) is 12.5 Å². The number of benzene rings is 1. The molecular weight excluding hydrogens is 182 g/mol. The van der Waals surface area contributed by atoms with Crippen LogP contribution in [0.15, 0.2) is 18.2 Å². The first-order chi connectivity index (χ1) is 6.50. The maximum atomic E-state index is 10.8. The second-order valence-corrected chi connectivity index (χ2v) is 3.26. The zero-order chi connectivity index (χ0) is 10.7. The van der Waals surface area contributed by atoms with Crippen LogP contribution in [0, 0.1) is 0 Å². The van der Waals surface area contributed by atoms with E-state index >= 15 is 0 Å². The number of carbonyl (C=O) groups excluding carboxylic acids is 1. The van der Waals surface area contributed by atoms with Crippen molar-refractivity contribution in [1.29, 1.82) is 0 Å². The largest absolute Gasteiger partial charge is 0.504 e. The Balaban J connectivity index is 2.85. The third-order valence-electron chi connectivity index (χ3n) is 1.93. The van der Waals surface area contributed by atoms with Crippen molar-refractivity contribution in [3.63, 3.8) is 0 Å². The molecule has 14 heavy (non-hydrogen) atoms. The fraction of sp³-hybridized carbons (Fsp3) is 0.300. The molecule has 0 saturated carbocycles. The lowest BCUT2D eigenvalue weighted by atomic mass is 10.0. The quantitative estimate of drug-likeness (QED) is 0.630. The van der Waals surface area contributed by atoms with Gasteiger partial charge in [0.15, 0.2) is 11.5 Å². The van der Waals surface area contributed by atoms with Crippen LogP contribution in [0.2, 0.25) is 0 Å². The van der Waals surface area contributed by atoms with E-state index in [1.54, 1.807) is 6.07 Å². The molecule has 1 unspecified atom stereocenters. The zero-order valence-electron chi connectivity index (χ0n) is 7.90. The summed E-state index contributed by atoms with van der Waals surface area (Å²) in [6.07, 6.45) is 0.226. The monoisotopic (exact) mass is 195 g/mol. The van der Waals surface area contributed by atoms with E-state index in [1.165, 1.54) is 19.1 Å². The minimum atomic E-state index is -0.431. The Kier molecular flexibility index (Phi) is 3.09. The van der Waals surface area contributed by atoms with Crippen LogP contribution in [-0.4, -0.2) is 16.0 Å². The van der Waals surface area contributed by atoms with E-state index in [4.69, 9.17) is 10.8 Å². The Morgan fingerprint density at radius 2 is 2.07 bits per heavy atom. The summed E-state index contributed by atoms with van der Waals surface area (Å²) in [7, 11) is 0. The first-order valence-electron chi connectivity index (χ1n) is 4.27. The second kappa shape index (κ2) is 4.11. The molecule has 0 heterocycles. The topological polar surface area (TPSA) is 83.6 Å². The van der Waals surface area contributed by atoms with Crippen molar-refractivity contribution in [2.75, 3.05) is 0 Å². The number of carbonyl (C=O) groups is 1. The maximum absolute atomic E-state index is 10.8. The molecule has 1 rings (SSSR count). The van der Waals surface area contributed by atoms with Crippen molar-refractivity contribution in [2.45, 2.75) is 19.4 Å². The van der Waals surface area contributed by atoms with E-state index in [0.29, 0.717) is 5.56 Å². The molecule has 4 nitrogen and oxygen atoms in total. The van der Waals surface area contributed by atoms with Gasteiger partial charge in [0.2, 0.25) is 0 Å². The molecule has 1 atom stereocenters. The summed E-state index contributed by atoms with van der Waals surface area (Å²) in [4.78, 5) is 10.8. The van der Waals surface area contributed by atoms with Gasteiger partial charge in [-0.2, -0.15) is 0 Å². The highest BCUT2D eigenvalue weighted by Gasteiger charge is 2.10. The average Bonchev–Trinajstić information content (AvgIpc) is 2.08. The minimum Gasteiger partial charge on any atom is -0.504 e. The zero-order valence-corrected chi connectivity index (χ0v) is 7.90. The van der Waals surface area contributed by atoms with Crippen molar-refractivity contribution in [2.24, 2.45) is 5.73 Å². The molecule has 0 spiro atoms. The lowest BCUT2D eigenvalue weighted by Gasteiger charge is -2.10. The third-order valence-corrected chi connectivity index (χ3v) is 1.93. The second-order valence-electron chi connectivity index (χ2n) is 3.26. The summed E-state index contributed by atoms with van der Waals surface area (Å²) in [5.74, 6) is -0.421. The van der Waals surface area contributed by atoms with Crippen molar-refractivity contribution < 1.29 is 15.0 Å². The molecule has 0 aliphatic rings. The number of hydrogen-bond donors (Lipinski definition) is 3. The number of nitrogens with two attached hydrogens (primary N) is 1. The summed E-state index contributed by atoms with van der Waals surface area (Å²) in [6, 6.07) is 3.87. The number of hydrogen-bond acceptors (Lipinski definition) is 4. The molecule has 1 aromatic carbocycles. The van der Waals surface area contributed by atoms with Gasteiger partial charge in [0.25, 0.3) is 0 Å². The van der Waals surface area contributed by atoms with Gasteiger partial charge in [-0.25, -0.2) is 0 Å². The molecule has 0 aromatic heterocycles. The lowest BCUT2D eigenvalue weighted by Crippen LogP contribution is -2.13. The summed E-state index contributed by atoms with van der Waals surface area (Å²) in [5.41, 5.74) is 6.34. The molecule has 0 aliphatic heterocycles. The van der Waals surface area contributed by atoms with Crippen LogP contribution in [0.4, 0.5) is 0 Å².